The van der Waals surface area contributed by atoms with Gasteiger partial charge in [0.15, 0.2) is 11.6 Å². The van der Waals surface area contributed by atoms with Crippen LogP contribution in [0.2, 0.25) is 0 Å². The summed E-state index contributed by atoms with van der Waals surface area (Å²) in [6, 6.07) is 12.4. The average molecular weight is 348 g/mol. The summed E-state index contributed by atoms with van der Waals surface area (Å²) >= 11 is 0. The van der Waals surface area contributed by atoms with E-state index in [-0.39, 0.29) is 22.7 Å². The Balaban J connectivity index is 1.83. The topological polar surface area (TPSA) is 96.8 Å². The van der Waals surface area contributed by atoms with Gasteiger partial charge in [0, 0.05) is 5.39 Å². The molecule has 3 aromatic rings. The van der Waals surface area contributed by atoms with Crippen molar-refractivity contribution in [3.05, 3.63) is 65.2 Å². The third-order valence-corrected chi connectivity index (χ3v) is 4.20. The van der Waals surface area contributed by atoms with Crippen molar-refractivity contribution in [3.63, 3.8) is 0 Å². The molecule has 0 aliphatic carbocycles. The minimum atomic E-state index is -0.543. The summed E-state index contributed by atoms with van der Waals surface area (Å²) in [7, 11) is 1.27. The quantitative estimate of drug-likeness (QED) is 0.565. The molecule has 2 heterocycles. The number of hydrogen-bond acceptors (Lipinski definition) is 6. The van der Waals surface area contributed by atoms with Gasteiger partial charge in [-0.15, -0.1) is 0 Å². The lowest BCUT2D eigenvalue weighted by Gasteiger charge is -2.15. The number of hydrogen-bond donors (Lipinski definition) is 1. The van der Waals surface area contributed by atoms with E-state index in [9.17, 15) is 19.5 Å². The molecule has 1 aliphatic rings. The normalized spacial score (nSPS) is 13.2. The Morgan fingerprint density at radius 2 is 1.69 bits per heavy atom. The number of amides is 2. The van der Waals surface area contributed by atoms with Crippen molar-refractivity contribution in [2.75, 3.05) is 12.0 Å². The van der Waals surface area contributed by atoms with Crippen molar-refractivity contribution >= 4 is 34.5 Å². The molecule has 0 saturated carbocycles. The second-order valence-electron chi connectivity index (χ2n) is 5.72. The van der Waals surface area contributed by atoms with Crippen molar-refractivity contribution in [2.24, 2.45) is 0 Å². The zero-order chi connectivity index (χ0) is 18.4. The van der Waals surface area contributed by atoms with E-state index in [1.807, 2.05) is 0 Å². The molecule has 2 aromatic carbocycles. The Morgan fingerprint density at radius 3 is 2.31 bits per heavy atom. The fourth-order valence-electron chi connectivity index (χ4n) is 2.95. The predicted octanol–water partition coefficient (Wildman–Crippen LogP) is 2.53. The van der Waals surface area contributed by atoms with Gasteiger partial charge in [-0.05, 0) is 36.4 Å². The van der Waals surface area contributed by atoms with Gasteiger partial charge in [0.25, 0.3) is 11.8 Å². The molecule has 1 aliphatic heterocycles. The van der Waals surface area contributed by atoms with E-state index in [0.717, 1.165) is 4.90 Å². The van der Waals surface area contributed by atoms with E-state index in [0.29, 0.717) is 16.5 Å². The number of esters is 1. The van der Waals surface area contributed by atoms with Crippen LogP contribution in [0.3, 0.4) is 0 Å². The van der Waals surface area contributed by atoms with Gasteiger partial charge >= 0.3 is 5.97 Å². The molecule has 0 saturated heterocycles. The molecule has 7 nitrogen and oxygen atoms in total. The van der Waals surface area contributed by atoms with Crippen LogP contribution < -0.4 is 4.90 Å². The first-order valence-electron chi connectivity index (χ1n) is 7.71. The molecule has 0 radical (unpaired) electrons. The molecule has 0 atom stereocenters. The maximum absolute atomic E-state index is 12.6. The number of benzene rings is 2. The molecule has 1 N–H and O–H groups in total. The molecule has 2 amide bonds. The van der Waals surface area contributed by atoms with Crippen LogP contribution in [0.15, 0.2) is 48.5 Å². The number of aromatic hydroxyl groups is 1. The van der Waals surface area contributed by atoms with E-state index >= 15 is 0 Å². The zero-order valence-corrected chi connectivity index (χ0v) is 13.6. The molecule has 0 unspecified atom stereocenters. The summed E-state index contributed by atoms with van der Waals surface area (Å²) in [5.74, 6) is -2.09. The van der Waals surface area contributed by atoms with Crippen LogP contribution in [0.25, 0.3) is 10.9 Å². The Kier molecular flexibility index (Phi) is 3.43. The maximum Gasteiger partial charge on any atom is 0.337 e. The van der Waals surface area contributed by atoms with Gasteiger partial charge in [-0.1, -0.05) is 12.1 Å². The first kappa shape index (κ1) is 15.8. The number of methoxy groups -OCH3 is 1. The first-order valence-corrected chi connectivity index (χ1v) is 7.71. The highest BCUT2D eigenvalue weighted by molar-refractivity contribution is 6.34. The van der Waals surface area contributed by atoms with Gasteiger partial charge in [0.05, 0.1) is 29.3 Å². The Hall–Kier alpha value is -3.74. The average Bonchev–Trinajstić information content (AvgIpc) is 2.91. The van der Waals surface area contributed by atoms with E-state index in [2.05, 4.69) is 9.72 Å². The lowest BCUT2D eigenvalue weighted by atomic mass is 10.1. The number of anilines is 1. The number of imide groups is 1. The molecule has 26 heavy (non-hydrogen) atoms. The molecule has 0 bridgehead atoms. The largest absolute Gasteiger partial charge is 0.504 e. The van der Waals surface area contributed by atoms with Gasteiger partial charge in [-0.25, -0.2) is 14.7 Å². The van der Waals surface area contributed by atoms with E-state index in [4.69, 9.17) is 0 Å². The molecular weight excluding hydrogens is 336 g/mol. The third kappa shape index (κ3) is 2.21. The predicted molar refractivity (Wildman–Crippen MR) is 92.3 cm³/mol. The lowest BCUT2D eigenvalue weighted by molar-refractivity contribution is 0.0600. The Labute approximate surface area is 147 Å². The number of rotatable bonds is 2. The summed E-state index contributed by atoms with van der Waals surface area (Å²) < 4.78 is 4.66. The van der Waals surface area contributed by atoms with Gasteiger partial charge in [0.1, 0.15) is 0 Å². The first-order chi connectivity index (χ1) is 12.5. The van der Waals surface area contributed by atoms with Crippen LogP contribution in [0.1, 0.15) is 31.1 Å². The number of fused-ring (bicyclic) bond motifs is 2. The van der Waals surface area contributed by atoms with E-state index in [1.165, 1.54) is 25.3 Å². The van der Waals surface area contributed by atoms with Crippen LogP contribution in [0, 0.1) is 0 Å². The second-order valence-corrected chi connectivity index (χ2v) is 5.72. The van der Waals surface area contributed by atoms with E-state index < -0.39 is 17.8 Å². The van der Waals surface area contributed by atoms with Crippen LogP contribution in [-0.4, -0.2) is 35.0 Å². The Morgan fingerprint density at radius 1 is 1.04 bits per heavy atom. The van der Waals surface area contributed by atoms with E-state index in [1.54, 1.807) is 30.3 Å². The molecule has 0 fully saturated rings. The highest BCUT2D eigenvalue weighted by atomic mass is 16.5. The Bertz CT molecular complexity index is 1070. The summed E-state index contributed by atoms with van der Waals surface area (Å²) in [6.45, 7) is 0. The molecule has 128 valence electrons. The smallest absolute Gasteiger partial charge is 0.337 e. The summed E-state index contributed by atoms with van der Waals surface area (Å²) in [5, 5.41) is 10.8. The van der Waals surface area contributed by atoms with Crippen molar-refractivity contribution < 1.29 is 24.2 Å². The van der Waals surface area contributed by atoms with Crippen molar-refractivity contribution in [2.45, 2.75) is 0 Å². The van der Waals surface area contributed by atoms with Gasteiger partial charge in [0.2, 0.25) is 0 Å². The van der Waals surface area contributed by atoms with Crippen molar-refractivity contribution in [1.82, 2.24) is 4.98 Å². The third-order valence-electron chi connectivity index (χ3n) is 4.20. The highest BCUT2D eigenvalue weighted by Gasteiger charge is 2.38. The van der Waals surface area contributed by atoms with Crippen LogP contribution in [0.5, 0.6) is 5.75 Å². The SMILES string of the molecule is COC(=O)c1ccc2nc(N3C(=O)c4ccccc4C3=O)c(O)cc2c1. The maximum atomic E-state index is 12.6. The van der Waals surface area contributed by atoms with Crippen LogP contribution in [0.4, 0.5) is 5.82 Å². The van der Waals surface area contributed by atoms with Crippen molar-refractivity contribution in [1.29, 1.82) is 0 Å². The monoisotopic (exact) mass is 348 g/mol. The minimum Gasteiger partial charge on any atom is -0.504 e. The lowest BCUT2D eigenvalue weighted by Crippen LogP contribution is -2.30. The standard InChI is InChI=1S/C19H12N2O5/c1-26-19(25)10-6-7-14-11(8-10)9-15(22)16(20-14)21-17(23)12-4-2-3-5-13(12)18(21)24/h2-9,22H,1H3. The van der Waals surface area contributed by atoms with Crippen LogP contribution >= 0.6 is 0 Å². The number of nitrogens with zero attached hydrogens (tertiary/aromatic N) is 2. The summed E-state index contributed by atoms with van der Waals surface area (Å²) in [5.41, 5.74) is 1.25. The number of pyridine rings is 1. The highest BCUT2D eigenvalue weighted by Crippen LogP contribution is 2.34. The number of carbonyl (C=O) groups excluding carboxylic acids is 3. The fraction of sp³-hybridized carbons (Fsp3) is 0.0526. The number of aromatic nitrogens is 1. The number of carbonyl (C=O) groups is 3. The molecule has 7 heteroatoms. The molecule has 1 aromatic heterocycles. The molecule has 4 rings (SSSR count). The summed E-state index contributed by atoms with van der Waals surface area (Å²) in [6.07, 6.45) is 0. The second kappa shape index (κ2) is 5.66. The molecular formula is C19H12N2O5. The van der Waals surface area contributed by atoms with Crippen LogP contribution in [-0.2, 0) is 4.74 Å². The number of ether oxygens (including phenoxy) is 1. The van der Waals surface area contributed by atoms with Gasteiger partial charge in [-0.3, -0.25) is 9.59 Å². The minimum absolute atomic E-state index is 0.144. The van der Waals surface area contributed by atoms with Crippen molar-refractivity contribution in [3.8, 4) is 5.75 Å². The van der Waals surface area contributed by atoms with Gasteiger partial charge < -0.3 is 9.84 Å². The molecule has 0 spiro atoms. The zero-order valence-electron chi connectivity index (χ0n) is 13.6. The van der Waals surface area contributed by atoms with Gasteiger partial charge in [-0.2, -0.15) is 0 Å². The fourth-order valence-corrected chi connectivity index (χ4v) is 2.95. The summed E-state index contributed by atoms with van der Waals surface area (Å²) in [4.78, 5) is 41.9.